The van der Waals surface area contributed by atoms with E-state index in [0.717, 1.165) is 36.5 Å². The molecule has 0 radical (unpaired) electrons. The van der Waals surface area contributed by atoms with Crippen molar-refractivity contribution in [3.63, 3.8) is 0 Å². The second-order valence-corrected chi connectivity index (χ2v) is 6.66. The van der Waals surface area contributed by atoms with E-state index in [0.29, 0.717) is 18.8 Å². The van der Waals surface area contributed by atoms with Crippen LogP contribution in [-0.4, -0.2) is 40.7 Å². The Balaban J connectivity index is 1.42. The molecule has 0 spiro atoms. The molecule has 26 heavy (non-hydrogen) atoms. The van der Waals surface area contributed by atoms with Crippen molar-refractivity contribution in [2.75, 3.05) is 23.3 Å². The summed E-state index contributed by atoms with van der Waals surface area (Å²) in [5, 5.41) is 8.75. The Bertz CT molecular complexity index is 846. The van der Waals surface area contributed by atoms with Gasteiger partial charge in [-0.2, -0.15) is 0 Å². The summed E-state index contributed by atoms with van der Waals surface area (Å²) in [6.45, 7) is 3.91. The fourth-order valence-electron chi connectivity index (χ4n) is 3.58. The number of benzene rings is 1. The molecule has 4 rings (SSSR count). The van der Waals surface area contributed by atoms with Gasteiger partial charge in [-0.05, 0) is 31.0 Å². The molecule has 136 valence electrons. The van der Waals surface area contributed by atoms with Crippen molar-refractivity contribution in [2.45, 2.75) is 32.4 Å². The van der Waals surface area contributed by atoms with Crippen LogP contribution in [0.3, 0.4) is 0 Å². The van der Waals surface area contributed by atoms with Crippen LogP contribution >= 0.6 is 0 Å². The highest BCUT2D eigenvalue weighted by atomic mass is 16.2. The lowest BCUT2D eigenvalue weighted by Crippen LogP contribution is -2.43. The molecule has 8 heteroatoms. The van der Waals surface area contributed by atoms with E-state index < -0.39 is 0 Å². The predicted octanol–water partition coefficient (Wildman–Crippen LogP) is 1.86. The highest BCUT2D eigenvalue weighted by Crippen LogP contribution is 2.27. The molecule has 1 fully saturated rings. The van der Waals surface area contributed by atoms with E-state index in [2.05, 4.69) is 25.5 Å². The number of carbonyl (C=O) groups is 2. The van der Waals surface area contributed by atoms with Gasteiger partial charge in [0.1, 0.15) is 5.82 Å². The Morgan fingerprint density at radius 3 is 3.08 bits per heavy atom. The van der Waals surface area contributed by atoms with Gasteiger partial charge >= 0.3 is 12.1 Å². The first kappa shape index (κ1) is 16.4. The first-order valence-electron chi connectivity index (χ1n) is 8.84. The van der Waals surface area contributed by atoms with Gasteiger partial charge in [-0.25, -0.2) is 14.6 Å². The minimum atomic E-state index is -0.232. The maximum absolute atomic E-state index is 12.4. The zero-order chi connectivity index (χ0) is 18.1. The van der Waals surface area contributed by atoms with E-state index >= 15 is 0 Å². The molecule has 3 heterocycles. The van der Waals surface area contributed by atoms with Crippen LogP contribution in [0.5, 0.6) is 0 Å². The summed E-state index contributed by atoms with van der Waals surface area (Å²) < 4.78 is 2.08. The quantitative estimate of drug-likeness (QED) is 0.786. The molecule has 0 aliphatic carbocycles. The zero-order valence-corrected chi connectivity index (χ0v) is 14.7. The van der Waals surface area contributed by atoms with Crippen LogP contribution in [0.1, 0.15) is 17.8 Å². The molecule has 0 bridgehead atoms. The van der Waals surface area contributed by atoms with Gasteiger partial charge in [0.2, 0.25) is 0 Å². The van der Waals surface area contributed by atoms with E-state index in [9.17, 15) is 9.59 Å². The molecule has 2 aromatic rings. The summed E-state index contributed by atoms with van der Waals surface area (Å²) in [5.74, 6) is 1.07. The highest BCUT2D eigenvalue weighted by molar-refractivity contribution is 5.97. The predicted molar refractivity (Wildman–Crippen MR) is 98.4 cm³/mol. The number of imidazole rings is 1. The molecule has 1 saturated heterocycles. The third-order valence-corrected chi connectivity index (χ3v) is 4.97. The largest absolute Gasteiger partial charge is 0.336 e. The SMILES string of the molecule is Cc1c(NC(=O)NC2CCc3nccn3C2)cccc1N1CCNC1=O. The van der Waals surface area contributed by atoms with Gasteiger partial charge in [0.15, 0.2) is 0 Å². The third-order valence-electron chi connectivity index (χ3n) is 4.97. The van der Waals surface area contributed by atoms with E-state index in [-0.39, 0.29) is 18.1 Å². The summed E-state index contributed by atoms with van der Waals surface area (Å²) in [6.07, 6.45) is 5.46. The molecule has 2 aliphatic heterocycles. The molecule has 1 atom stereocenters. The van der Waals surface area contributed by atoms with E-state index in [1.807, 2.05) is 31.3 Å². The number of nitrogens with one attached hydrogen (secondary N) is 3. The third kappa shape index (κ3) is 3.10. The molecule has 1 aromatic carbocycles. The Morgan fingerprint density at radius 2 is 2.27 bits per heavy atom. The zero-order valence-electron chi connectivity index (χ0n) is 14.7. The Hall–Kier alpha value is -3.03. The van der Waals surface area contributed by atoms with Crippen LogP contribution in [0.15, 0.2) is 30.6 Å². The number of hydrogen-bond donors (Lipinski definition) is 3. The molecule has 2 aliphatic rings. The molecule has 8 nitrogen and oxygen atoms in total. The first-order valence-corrected chi connectivity index (χ1v) is 8.84. The maximum Gasteiger partial charge on any atom is 0.322 e. The standard InChI is InChI=1S/C18H22N6O2/c1-12-14(3-2-4-15(12)24-10-8-20-18(24)26)22-17(25)21-13-5-6-16-19-7-9-23(16)11-13/h2-4,7,9,13H,5-6,8,10-11H2,1H3,(H,20,26)(H2,21,22,25). The fourth-order valence-corrected chi connectivity index (χ4v) is 3.58. The number of carbonyl (C=O) groups excluding carboxylic acids is 2. The van der Waals surface area contributed by atoms with Gasteiger partial charge in [0, 0.05) is 50.2 Å². The number of anilines is 2. The van der Waals surface area contributed by atoms with Gasteiger partial charge in [-0.15, -0.1) is 0 Å². The number of hydrogen-bond acceptors (Lipinski definition) is 3. The number of rotatable bonds is 3. The van der Waals surface area contributed by atoms with E-state index in [4.69, 9.17) is 0 Å². The van der Waals surface area contributed by atoms with E-state index in [1.165, 1.54) is 0 Å². The van der Waals surface area contributed by atoms with Crippen molar-refractivity contribution in [3.05, 3.63) is 42.0 Å². The van der Waals surface area contributed by atoms with Crippen molar-refractivity contribution < 1.29 is 9.59 Å². The summed E-state index contributed by atoms with van der Waals surface area (Å²) in [6, 6.07) is 5.33. The number of aryl methyl sites for hydroxylation is 1. The monoisotopic (exact) mass is 354 g/mol. The topological polar surface area (TPSA) is 91.3 Å². The van der Waals surface area contributed by atoms with Gasteiger partial charge in [-0.1, -0.05) is 6.07 Å². The fraction of sp³-hybridized carbons (Fsp3) is 0.389. The average Bonchev–Trinajstić information content (AvgIpc) is 3.25. The Morgan fingerprint density at radius 1 is 1.38 bits per heavy atom. The molecule has 0 saturated carbocycles. The van der Waals surface area contributed by atoms with E-state index in [1.54, 1.807) is 11.1 Å². The van der Waals surface area contributed by atoms with Crippen LogP contribution in [0, 0.1) is 6.92 Å². The van der Waals surface area contributed by atoms with Crippen molar-refractivity contribution in [3.8, 4) is 0 Å². The number of nitrogens with zero attached hydrogens (tertiary/aromatic N) is 3. The molecule has 4 amide bonds. The van der Waals surface area contributed by atoms with Crippen LogP contribution in [-0.2, 0) is 13.0 Å². The van der Waals surface area contributed by atoms with Crippen molar-refractivity contribution in [1.29, 1.82) is 0 Å². The average molecular weight is 354 g/mol. The van der Waals surface area contributed by atoms with Gasteiger partial charge in [0.25, 0.3) is 0 Å². The summed E-state index contributed by atoms with van der Waals surface area (Å²) in [4.78, 5) is 30.3. The first-order chi connectivity index (χ1) is 12.6. The highest BCUT2D eigenvalue weighted by Gasteiger charge is 2.24. The van der Waals surface area contributed by atoms with Crippen molar-refractivity contribution >= 4 is 23.4 Å². The maximum atomic E-state index is 12.4. The van der Waals surface area contributed by atoms with Crippen LogP contribution in [0.4, 0.5) is 21.0 Å². The van der Waals surface area contributed by atoms with Crippen LogP contribution < -0.4 is 20.9 Å². The Kier molecular flexibility index (Phi) is 4.24. The number of aromatic nitrogens is 2. The molecule has 1 unspecified atom stereocenters. The lowest BCUT2D eigenvalue weighted by Gasteiger charge is -2.25. The number of fused-ring (bicyclic) bond motifs is 1. The minimum absolute atomic E-state index is 0.0737. The number of urea groups is 2. The lowest BCUT2D eigenvalue weighted by molar-refractivity contribution is 0.244. The normalized spacial score (nSPS) is 19.0. The van der Waals surface area contributed by atoms with Crippen molar-refractivity contribution in [2.24, 2.45) is 0 Å². The second kappa shape index (κ2) is 6.70. The minimum Gasteiger partial charge on any atom is -0.336 e. The molecular formula is C18H22N6O2. The summed E-state index contributed by atoms with van der Waals surface area (Å²) in [5.41, 5.74) is 2.40. The molecule has 1 aromatic heterocycles. The van der Waals surface area contributed by atoms with Gasteiger partial charge in [-0.3, -0.25) is 4.90 Å². The molecular weight excluding hydrogens is 332 g/mol. The van der Waals surface area contributed by atoms with Crippen molar-refractivity contribution in [1.82, 2.24) is 20.2 Å². The second-order valence-electron chi connectivity index (χ2n) is 6.66. The van der Waals surface area contributed by atoms with Gasteiger partial charge < -0.3 is 20.5 Å². The van der Waals surface area contributed by atoms with Crippen LogP contribution in [0.2, 0.25) is 0 Å². The summed E-state index contributed by atoms with van der Waals surface area (Å²) >= 11 is 0. The van der Waals surface area contributed by atoms with Crippen LogP contribution in [0.25, 0.3) is 0 Å². The molecule has 3 N–H and O–H groups in total. The number of amides is 4. The van der Waals surface area contributed by atoms with Gasteiger partial charge in [0.05, 0.1) is 5.69 Å². The lowest BCUT2D eigenvalue weighted by atomic mass is 10.1. The summed E-state index contributed by atoms with van der Waals surface area (Å²) in [7, 11) is 0. The Labute approximate surface area is 151 Å². The smallest absolute Gasteiger partial charge is 0.322 e.